The van der Waals surface area contributed by atoms with Crippen molar-refractivity contribution in [3.05, 3.63) is 34.3 Å². The fourth-order valence-electron chi connectivity index (χ4n) is 2.92. The van der Waals surface area contributed by atoms with Gasteiger partial charge in [0.2, 0.25) is 0 Å². The number of hydrogen-bond donors (Lipinski definition) is 1. The Balaban J connectivity index is 2.15. The third-order valence-electron chi connectivity index (χ3n) is 3.83. The van der Waals surface area contributed by atoms with Gasteiger partial charge in [-0.1, -0.05) is 24.6 Å². The lowest BCUT2D eigenvalue weighted by atomic mass is 9.90. The normalized spacial score (nSPS) is 23.5. The quantitative estimate of drug-likeness (QED) is 0.910. The Labute approximate surface area is 131 Å². The van der Waals surface area contributed by atoms with Crippen LogP contribution in [0, 0.1) is 11.8 Å². The van der Waals surface area contributed by atoms with Crippen LogP contribution in [0.15, 0.2) is 18.2 Å². The number of hydrogen-bond acceptors (Lipinski definition) is 2. The molecule has 1 fully saturated rings. The van der Waals surface area contributed by atoms with E-state index in [0.717, 1.165) is 6.07 Å². The predicted octanol–water partition coefficient (Wildman–Crippen LogP) is 3.90. The first-order valence-electron chi connectivity index (χ1n) is 6.97. The Kier molecular flexibility index (Phi) is 5.02. The molecule has 1 aromatic rings. The highest BCUT2D eigenvalue weighted by molar-refractivity contribution is 6.31. The maximum absolute atomic E-state index is 12.9. The molecule has 1 aromatic carbocycles. The molecule has 0 spiro atoms. The summed E-state index contributed by atoms with van der Waals surface area (Å²) in [6.07, 6.45) is -3.90. The van der Waals surface area contributed by atoms with Gasteiger partial charge in [0.25, 0.3) is 0 Å². The summed E-state index contributed by atoms with van der Waals surface area (Å²) in [7, 11) is 0. The molecule has 22 heavy (non-hydrogen) atoms. The molecule has 1 N–H and O–H groups in total. The zero-order valence-electron chi connectivity index (χ0n) is 12.0. The summed E-state index contributed by atoms with van der Waals surface area (Å²) in [6, 6.07) is 3.83. The van der Waals surface area contributed by atoms with Crippen LogP contribution in [0.25, 0.3) is 0 Å². The zero-order valence-corrected chi connectivity index (χ0v) is 12.8. The lowest BCUT2D eigenvalue weighted by molar-refractivity contribution is -0.144. The Morgan fingerprint density at radius 2 is 2.09 bits per heavy atom. The van der Waals surface area contributed by atoms with Crippen molar-refractivity contribution >= 4 is 17.6 Å². The van der Waals surface area contributed by atoms with Crippen molar-refractivity contribution in [1.29, 1.82) is 0 Å². The van der Waals surface area contributed by atoms with Crippen LogP contribution in [0.1, 0.15) is 24.5 Å². The van der Waals surface area contributed by atoms with Gasteiger partial charge in [-0.25, -0.2) is 0 Å². The van der Waals surface area contributed by atoms with E-state index in [1.54, 1.807) is 6.07 Å². The van der Waals surface area contributed by atoms with Gasteiger partial charge in [0.05, 0.1) is 16.5 Å². The van der Waals surface area contributed by atoms with Crippen LogP contribution in [0.3, 0.4) is 0 Å². The van der Waals surface area contributed by atoms with Crippen molar-refractivity contribution in [2.75, 3.05) is 13.1 Å². The average molecular weight is 336 g/mol. The summed E-state index contributed by atoms with van der Waals surface area (Å²) >= 11 is 5.60. The van der Waals surface area contributed by atoms with E-state index in [2.05, 4.69) is 0 Å². The van der Waals surface area contributed by atoms with Crippen LogP contribution in [0.5, 0.6) is 0 Å². The van der Waals surface area contributed by atoms with Crippen molar-refractivity contribution in [2.45, 2.75) is 26.1 Å². The predicted molar refractivity (Wildman–Crippen MR) is 76.6 cm³/mol. The lowest BCUT2D eigenvalue weighted by Gasteiger charge is -2.34. The average Bonchev–Trinajstić information content (AvgIpc) is 2.39. The largest absolute Gasteiger partial charge is 0.481 e. The molecule has 0 saturated carbocycles. The van der Waals surface area contributed by atoms with Crippen LogP contribution in [0.2, 0.25) is 5.02 Å². The molecule has 1 heterocycles. The molecule has 122 valence electrons. The van der Waals surface area contributed by atoms with Crippen molar-refractivity contribution in [3.8, 4) is 0 Å². The molecule has 2 atom stereocenters. The Morgan fingerprint density at radius 3 is 2.68 bits per heavy atom. The van der Waals surface area contributed by atoms with Gasteiger partial charge in [-0.05, 0) is 30.0 Å². The number of nitrogens with zero attached hydrogens (tertiary/aromatic N) is 1. The minimum absolute atomic E-state index is 0.198. The molecule has 2 unspecified atom stereocenters. The topological polar surface area (TPSA) is 40.5 Å². The van der Waals surface area contributed by atoms with E-state index in [9.17, 15) is 18.0 Å². The molecule has 0 bridgehead atoms. The second kappa shape index (κ2) is 6.46. The number of carboxylic acids is 1. The van der Waals surface area contributed by atoms with Gasteiger partial charge in [-0.2, -0.15) is 13.2 Å². The minimum atomic E-state index is -4.49. The van der Waals surface area contributed by atoms with E-state index < -0.39 is 23.6 Å². The van der Waals surface area contributed by atoms with Gasteiger partial charge < -0.3 is 5.11 Å². The smallest absolute Gasteiger partial charge is 0.417 e. The van der Waals surface area contributed by atoms with Gasteiger partial charge in [0.1, 0.15) is 0 Å². The standard InChI is InChI=1S/C15H17ClF3NO2/c1-9-4-11(14(21)22)8-20(6-9)7-10-2-3-13(16)12(5-10)15(17,18)19/h2-3,5,9,11H,4,6-8H2,1H3,(H,21,22). The van der Waals surface area contributed by atoms with Crippen LogP contribution in [-0.2, 0) is 17.5 Å². The SMILES string of the molecule is CC1CC(C(=O)O)CN(Cc2ccc(Cl)c(C(F)(F)F)c2)C1. The summed E-state index contributed by atoms with van der Waals surface area (Å²) in [5.74, 6) is -1.13. The number of carbonyl (C=O) groups is 1. The molecule has 0 aromatic heterocycles. The summed E-state index contributed by atoms with van der Waals surface area (Å²) in [5.41, 5.74) is -0.374. The Hall–Kier alpha value is -1.27. The van der Waals surface area contributed by atoms with Crippen LogP contribution in [0.4, 0.5) is 13.2 Å². The number of alkyl halides is 3. The van der Waals surface area contributed by atoms with Gasteiger partial charge >= 0.3 is 12.1 Å². The van der Waals surface area contributed by atoms with Crippen LogP contribution < -0.4 is 0 Å². The number of benzene rings is 1. The van der Waals surface area contributed by atoms with Gasteiger partial charge in [-0.15, -0.1) is 0 Å². The van der Waals surface area contributed by atoms with E-state index in [0.29, 0.717) is 25.1 Å². The highest BCUT2D eigenvalue weighted by Crippen LogP contribution is 2.35. The van der Waals surface area contributed by atoms with E-state index >= 15 is 0 Å². The second-order valence-electron chi connectivity index (χ2n) is 5.88. The van der Waals surface area contributed by atoms with Gasteiger partial charge in [-0.3, -0.25) is 9.69 Å². The summed E-state index contributed by atoms with van der Waals surface area (Å²) < 4.78 is 38.6. The maximum Gasteiger partial charge on any atom is 0.417 e. The maximum atomic E-state index is 12.9. The molecule has 3 nitrogen and oxygen atoms in total. The molecule has 2 rings (SSSR count). The highest BCUT2D eigenvalue weighted by atomic mass is 35.5. The first-order chi connectivity index (χ1) is 10.2. The first-order valence-corrected chi connectivity index (χ1v) is 7.35. The highest BCUT2D eigenvalue weighted by Gasteiger charge is 2.34. The molecular formula is C15H17ClF3NO2. The number of carboxylic acid groups (broad SMARTS) is 1. The van der Waals surface area contributed by atoms with Crippen LogP contribution in [-0.4, -0.2) is 29.1 Å². The van der Waals surface area contributed by atoms with Crippen molar-refractivity contribution < 1.29 is 23.1 Å². The third-order valence-corrected chi connectivity index (χ3v) is 4.16. The fourth-order valence-corrected chi connectivity index (χ4v) is 3.14. The summed E-state index contributed by atoms with van der Waals surface area (Å²) in [4.78, 5) is 13.0. The van der Waals surface area contributed by atoms with Gasteiger partial charge in [0, 0.05) is 19.6 Å². The number of rotatable bonds is 3. The third kappa shape index (κ3) is 4.14. The zero-order chi connectivity index (χ0) is 16.5. The first kappa shape index (κ1) is 17.1. The second-order valence-corrected chi connectivity index (χ2v) is 6.29. The minimum Gasteiger partial charge on any atom is -0.481 e. The molecule has 0 aliphatic carbocycles. The molecular weight excluding hydrogens is 319 g/mol. The Morgan fingerprint density at radius 1 is 1.41 bits per heavy atom. The summed E-state index contributed by atoms with van der Waals surface area (Å²) in [5, 5.41) is 8.81. The van der Waals surface area contributed by atoms with Crippen LogP contribution >= 0.6 is 11.6 Å². The molecule has 7 heteroatoms. The molecule has 1 saturated heterocycles. The number of likely N-dealkylation sites (tertiary alicyclic amines) is 1. The summed E-state index contributed by atoms with van der Waals surface area (Å²) in [6.45, 7) is 3.26. The molecule has 1 aliphatic rings. The number of piperidine rings is 1. The van der Waals surface area contributed by atoms with E-state index in [1.165, 1.54) is 6.07 Å². The Bertz CT molecular complexity index is 562. The number of halogens is 4. The molecule has 0 amide bonds. The van der Waals surface area contributed by atoms with Crippen molar-refractivity contribution in [2.24, 2.45) is 11.8 Å². The lowest BCUT2D eigenvalue weighted by Crippen LogP contribution is -2.41. The van der Waals surface area contributed by atoms with E-state index in [4.69, 9.17) is 16.7 Å². The fraction of sp³-hybridized carbons (Fsp3) is 0.533. The molecule has 0 radical (unpaired) electrons. The van der Waals surface area contributed by atoms with Crippen molar-refractivity contribution in [1.82, 2.24) is 4.90 Å². The molecule has 1 aliphatic heterocycles. The number of aliphatic carboxylic acids is 1. The van der Waals surface area contributed by atoms with Gasteiger partial charge in [0.15, 0.2) is 0 Å². The van der Waals surface area contributed by atoms with Crippen molar-refractivity contribution in [3.63, 3.8) is 0 Å². The van der Waals surface area contributed by atoms with E-state index in [-0.39, 0.29) is 17.5 Å². The van der Waals surface area contributed by atoms with E-state index in [1.807, 2.05) is 11.8 Å². The monoisotopic (exact) mass is 335 g/mol.